The van der Waals surface area contributed by atoms with E-state index >= 15 is 0 Å². The average molecular weight is 375 g/mol. The number of nitrogens with zero attached hydrogens (tertiary/aromatic N) is 2. The molecule has 1 saturated heterocycles. The summed E-state index contributed by atoms with van der Waals surface area (Å²) in [6.45, 7) is 4.03. The van der Waals surface area contributed by atoms with E-state index in [4.69, 9.17) is 23.2 Å². The van der Waals surface area contributed by atoms with E-state index < -0.39 is 0 Å². The van der Waals surface area contributed by atoms with Crippen molar-refractivity contribution in [3.63, 3.8) is 0 Å². The predicted octanol–water partition coefficient (Wildman–Crippen LogP) is 4.35. The van der Waals surface area contributed by atoms with Crippen molar-refractivity contribution in [2.24, 2.45) is 0 Å². The Kier molecular flexibility index (Phi) is 6.14. The Hall–Kier alpha value is -1.81. The largest absolute Gasteiger partial charge is 0.337 e. The van der Waals surface area contributed by atoms with Crippen LogP contribution in [-0.2, 0) is 11.3 Å². The summed E-state index contributed by atoms with van der Waals surface area (Å²) in [5.74, 6) is 0.0299. The third kappa shape index (κ3) is 5.08. The highest BCUT2D eigenvalue weighted by molar-refractivity contribution is 6.32. The molecule has 1 amide bonds. The molecule has 0 bridgehead atoms. The van der Waals surface area contributed by atoms with Crippen molar-refractivity contribution in [2.45, 2.75) is 6.54 Å². The molecule has 5 heteroatoms. The van der Waals surface area contributed by atoms with Gasteiger partial charge in [0.2, 0.25) is 5.91 Å². The topological polar surface area (TPSA) is 23.6 Å². The summed E-state index contributed by atoms with van der Waals surface area (Å²) in [6.07, 6.45) is 3.39. The lowest BCUT2D eigenvalue weighted by Gasteiger charge is -2.34. The Morgan fingerprint density at radius 2 is 1.76 bits per heavy atom. The molecular formula is C20H20Cl2N2O. The van der Waals surface area contributed by atoms with Crippen LogP contribution in [0.25, 0.3) is 6.08 Å². The fraction of sp³-hybridized carbons (Fsp3) is 0.250. The zero-order valence-electron chi connectivity index (χ0n) is 13.9. The number of amides is 1. The van der Waals surface area contributed by atoms with Crippen LogP contribution in [0.1, 0.15) is 11.1 Å². The van der Waals surface area contributed by atoms with E-state index in [1.165, 1.54) is 5.56 Å². The fourth-order valence-corrected chi connectivity index (χ4v) is 3.31. The number of halogens is 2. The third-order valence-electron chi connectivity index (χ3n) is 4.29. The van der Waals surface area contributed by atoms with Crippen LogP contribution in [0, 0.1) is 0 Å². The number of hydrogen-bond acceptors (Lipinski definition) is 2. The van der Waals surface area contributed by atoms with Gasteiger partial charge in [-0.1, -0.05) is 53.5 Å². The van der Waals surface area contributed by atoms with Crippen molar-refractivity contribution >= 4 is 35.2 Å². The Morgan fingerprint density at radius 3 is 2.48 bits per heavy atom. The second-order valence-corrected chi connectivity index (χ2v) is 6.93. The van der Waals surface area contributed by atoms with Crippen LogP contribution in [0.15, 0.2) is 54.6 Å². The van der Waals surface area contributed by atoms with Gasteiger partial charge in [0, 0.05) is 48.8 Å². The van der Waals surface area contributed by atoms with Crippen LogP contribution in [0.4, 0.5) is 0 Å². The van der Waals surface area contributed by atoms with Gasteiger partial charge in [-0.25, -0.2) is 0 Å². The fourth-order valence-electron chi connectivity index (χ4n) is 2.90. The van der Waals surface area contributed by atoms with E-state index in [0.717, 1.165) is 43.3 Å². The zero-order valence-corrected chi connectivity index (χ0v) is 15.4. The zero-order chi connectivity index (χ0) is 17.6. The lowest BCUT2D eigenvalue weighted by molar-refractivity contribution is -0.127. The molecule has 2 aromatic carbocycles. The Balaban J connectivity index is 1.51. The van der Waals surface area contributed by atoms with Gasteiger partial charge in [-0.3, -0.25) is 9.69 Å². The Bertz CT molecular complexity index is 768. The molecule has 0 unspecified atom stereocenters. The molecule has 0 saturated carbocycles. The highest BCUT2D eigenvalue weighted by Crippen LogP contribution is 2.17. The average Bonchev–Trinajstić information content (AvgIpc) is 2.61. The number of hydrogen-bond donors (Lipinski definition) is 0. The highest BCUT2D eigenvalue weighted by Gasteiger charge is 2.19. The second kappa shape index (κ2) is 8.52. The summed E-state index contributed by atoms with van der Waals surface area (Å²) in [5, 5.41) is 1.41. The molecule has 1 aliphatic rings. The van der Waals surface area contributed by atoms with Crippen molar-refractivity contribution in [3.8, 4) is 0 Å². The predicted molar refractivity (Wildman–Crippen MR) is 104 cm³/mol. The monoisotopic (exact) mass is 374 g/mol. The first kappa shape index (κ1) is 18.0. The van der Waals surface area contributed by atoms with Gasteiger partial charge in [0.1, 0.15) is 0 Å². The third-order valence-corrected chi connectivity index (χ3v) is 4.87. The quantitative estimate of drug-likeness (QED) is 0.742. The van der Waals surface area contributed by atoms with Gasteiger partial charge < -0.3 is 4.90 Å². The molecule has 1 aliphatic heterocycles. The van der Waals surface area contributed by atoms with Gasteiger partial charge in [0.05, 0.1) is 0 Å². The normalized spacial score (nSPS) is 15.7. The van der Waals surface area contributed by atoms with Crippen molar-refractivity contribution in [2.75, 3.05) is 26.2 Å². The molecule has 130 valence electrons. The van der Waals surface area contributed by atoms with Crippen LogP contribution < -0.4 is 0 Å². The van der Waals surface area contributed by atoms with E-state index in [2.05, 4.69) is 11.0 Å². The molecule has 0 atom stereocenters. The second-order valence-electron chi connectivity index (χ2n) is 6.09. The maximum absolute atomic E-state index is 12.4. The molecular weight excluding hydrogens is 355 g/mol. The summed E-state index contributed by atoms with van der Waals surface area (Å²) in [7, 11) is 0. The molecule has 1 fully saturated rings. The van der Waals surface area contributed by atoms with Gasteiger partial charge in [0.15, 0.2) is 0 Å². The molecule has 0 N–H and O–H groups in total. The standard InChI is InChI=1S/C20H20Cl2N2O/c21-18-6-3-4-16(14-18)15-23-10-12-24(13-11-23)20(25)9-8-17-5-1-2-7-19(17)22/h1-9,14H,10-13,15H2. The van der Waals surface area contributed by atoms with E-state index in [1.807, 2.05) is 47.4 Å². The molecule has 0 spiro atoms. The Morgan fingerprint density at radius 1 is 1.00 bits per heavy atom. The van der Waals surface area contributed by atoms with Gasteiger partial charge in [-0.2, -0.15) is 0 Å². The molecule has 0 aromatic heterocycles. The minimum atomic E-state index is 0.0299. The summed E-state index contributed by atoms with van der Waals surface area (Å²) >= 11 is 12.1. The number of rotatable bonds is 4. The number of piperazine rings is 1. The van der Waals surface area contributed by atoms with Crippen LogP contribution in [0.2, 0.25) is 10.0 Å². The number of carbonyl (C=O) groups excluding carboxylic acids is 1. The van der Waals surface area contributed by atoms with Gasteiger partial charge in [-0.05, 0) is 35.4 Å². The van der Waals surface area contributed by atoms with E-state index in [0.29, 0.717) is 5.02 Å². The summed E-state index contributed by atoms with van der Waals surface area (Å²) in [6, 6.07) is 15.4. The molecule has 2 aromatic rings. The lowest BCUT2D eigenvalue weighted by atomic mass is 10.2. The molecule has 0 aliphatic carbocycles. The highest BCUT2D eigenvalue weighted by atomic mass is 35.5. The van der Waals surface area contributed by atoms with E-state index in [-0.39, 0.29) is 5.91 Å². The molecule has 0 radical (unpaired) electrons. The first-order valence-electron chi connectivity index (χ1n) is 8.30. The minimum Gasteiger partial charge on any atom is -0.337 e. The number of carbonyl (C=O) groups is 1. The van der Waals surface area contributed by atoms with Gasteiger partial charge in [-0.15, -0.1) is 0 Å². The Labute approximate surface area is 158 Å². The van der Waals surface area contributed by atoms with Gasteiger partial charge >= 0.3 is 0 Å². The van der Waals surface area contributed by atoms with Crippen molar-refractivity contribution in [1.82, 2.24) is 9.80 Å². The van der Waals surface area contributed by atoms with E-state index in [1.54, 1.807) is 12.2 Å². The van der Waals surface area contributed by atoms with Crippen LogP contribution in [-0.4, -0.2) is 41.9 Å². The molecule has 25 heavy (non-hydrogen) atoms. The van der Waals surface area contributed by atoms with Crippen molar-refractivity contribution in [3.05, 3.63) is 75.8 Å². The first-order valence-corrected chi connectivity index (χ1v) is 9.06. The minimum absolute atomic E-state index is 0.0299. The van der Waals surface area contributed by atoms with Gasteiger partial charge in [0.25, 0.3) is 0 Å². The summed E-state index contributed by atoms with van der Waals surface area (Å²) < 4.78 is 0. The van der Waals surface area contributed by atoms with Crippen molar-refractivity contribution < 1.29 is 4.79 Å². The molecule has 1 heterocycles. The summed E-state index contributed by atoms with van der Waals surface area (Å²) in [5.41, 5.74) is 2.06. The maximum atomic E-state index is 12.4. The first-order chi connectivity index (χ1) is 12.1. The summed E-state index contributed by atoms with van der Waals surface area (Å²) in [4.78, 5) is 16.6. The smallest absolute Gasteiger partial charge is 0.246 e. The van der Waals surface area contributed by atoms with E-state index in [9.17, 15) is 4.79 Å². The number of benzene rings is 2. The van der Waals surface area contributed by atoms with Crippen LogP contribution >= 0.6 is 23.2 Å². The molecule has 3 rings (SSSR count). The maximum Gasteiger partial charge on any atom is 0.246 e. The van der Waals surface area contributed by atoms with Crippen molar-refractivity contribution in [1.29, 1.82) is 0 Å². The van der Waals surface area contributed by atoms with Crippen LogP contribution in [0.5, 0.6) is 0 Å². The molecule has 3 nitrogen and oxygen atoms in total. The lowest BCUT2D eigenvalue weighted by Crippen LogP contribution is -2.47. The van der Waals surface area contributed by atoms with Crippen LogP contribution in [0.3, 0.4) is 0 Å². The SMILES string of the molecule is O=C(C=Cc1ccccc1Cl)N1CCN(Cc2cccc(Cl)c2)CC1.